The fraction of sp³-hybridized carbons (Fsp3) is 0.167. The molecule has 0 atom stereocenters. The first-order valence-corrected chi connectivity index (χ1v) is 10.0. The molecule has 2 aromatic heterocycles. The lowest BCUT2D eigenvalue weighted by Gasteiger charge is -2.09. The summed E-state index contributed by atoms with van der Waals surface area (Å²) in [5.41, 5.74) is 5.06. The Balaban J connectivity index is 1.45. The molecule has 1 aliphatic rings. The van der Waals surface area contributed by atoms with E-state index in [1.54, 1.807) is 4.68 Å². The lowest BCUT2D eigenvalue weighted by atomic mass is 10.2. The minimum Gasteiger partial charge on any atom is -0.454 e. The minimum atomic E-state index is -0.203. The molecule has 0 radical (unpaired) electrons. The van der Waals surface area contributed by atoms with Crippen LogP contribution in [-0.2, 0) is 13.6 Å². The van der Waals surface area contributed by atoms with Crippen LogP contribution in [0.4, 0.5) is 0 Å². The van der Waals surface area contributed by atoms with E-state index >= 15 is 0 Å². The fourth-order valence-electron chi connectivity index (χ4n) is 3.60. The molecule has 0 fully saturated rings. The summed E-state index contributed by atoms with van der Waals surface area (Å²) in [6.45, 7) is 2.62. The van der Waals surface area contributed by atoms with Crippen molar-refractivity contribution in [2.24, 2.45) is 7.05 Å². The topological polar surface area (TPSA) is 70.3 Å². The molecule has 1 N–H and O–H groups in total. The minimum absolute atomic E-state index is 0.203. The van der Waals surface area contributed by atoms with Crippen LogP contribution < -0.4 is 14.8 Å². The van der Waals surface area contributed by atoms with Gasteiger partial charge in [-0.25, -0.2) is 4.68 Å². The van der Waals surface area contributed by atoms with Crippen LogP contribution in [0.2, 0.25) is 0 Å². The Morgan fingerprint density at radius 1 is 1.06 bits per heavy atom. The van der Waals surface area contributed by atoms with Gasteiger partial charge in [0, 0.05) is 19.8 Å². The van der Waals surface area contributed by atoms with Crippen molar-refractivity contribution in [1.29, 1.82) is 0 Å². The third-order valence-electron chi connectivity index (χ3n) is 5.32. The highest BCUT2D eigenvalue weighted by atomic mass is 16.7. The molecule has 7 heteroatoms. The summed E-state index contributed by atoms with van der Waals surface area (Å²) in [5, 5.41) is 7.73. The Labute approximate surface area is 179 Å². The zero-order valence-corrected chi connectivity index (χ0v) is 17.3. The van der Waals surface area contributed by atoms with Crippen molar-refractivity contribution >= 4 is 5.91 Å². The first-order chi connectivity index (χ1) is 15.1. The number of hydrogen-bond acceptors (Lipinski definition) is 4. The number of ether oxygens (including phenoxy) is 2. The molecule has 31 heavy (non-hydrogen) atoms. The predicted octanol–water partition coefficient (Wildman–Crippen LogP) is 3.84. The summed E-state index contributed by atoms with van der Waals surface area (Å²) >= 11 is 0. The molecule has 0 unspecified atom stereocenters. The van der Waals surface area contributed by atoms with E-state index in [1.165, 1.54) is 0 Å². The van der Waals surface area contributed by atoms with Crippen molar-refractivity contribution < 1.29 is 14.3 Å². The maximum atomic E-state index is 13.1. The molecule has 4 aromatic rings. The standard InChI is InChI=1S/C24H22N4O3/c1-16-5-8-18(9-6-16)28-21(13-19(26-28)20-4-3-11-27(20)2)24(29)25-14-17-7-10-22-23(12-17)31-15-30-22/h3-13H,14-15H2,1-2H3,(H,25,29). The van der Waals surface area contributed by atoms with E-state index in [1.807, 2.05) is 85.4 Å². The average Bonchev–Trinajstić information content (AvgIpc) is 3.51. The van der Waals surface area contributed by atoms with E-state index < -0.39 is 0 Å². The number of carbonyl (C=O) groups excluding carboxylic acids is 1. The van der Waals surface area contributed by atoms with Gasteiger partial charge in [0.25, 0.3) is 5.91 Å². The smallest absolute Gasteiger partial charge is 0.270 e. The molecule has 0 saturated carbocycles. The number of rotatable bonds is 5. The normalized spacial score (nSPS) is 12.2. The Kier molecular flexibility index (Phi) is 4.71. The fourth-order valence-corrected chi connectivity index (χ4v) is 3.60. The number of aromatic nitrogens is 3. The molecule has 5 rings (SSSR count). The van der Waals surface area contributed by atoms with Crippen LogP contribution in [-0.4, -0.2) is 27.0 Å². The first kappa shape index (κ1) is 19.0. The zero-order chi connectivity index (χ0) is 21.4. The molecule has 2 aromatic carbocycles. The van der Waals surface area contributed by atoms with Gasteiger partial charge in [0.2, 0.25) is 6.79 Å². The summed E-state index contributed by atoms with van der Waals surface area (Å²) in [7, 11) is 1.96. The monoisotopic (exact) mass is 414 g/mol. The third-order valence-corrected chi connectivity index (χ3v) is 5.32. The number of nitrogens with one attached hydrogen (secondary N) is 1. The van der Waals surface area contributed by atoms with Crippen LogP contribution in [0.5, 0.6) is 11.5 Å². The summed E-state index contributed by atoms with van der Waals surface area (Å²) in [6, 6.07) is 19.4. The van der Waals surface area contributed by atoms with E-state index in [2.05, 4.69) is 5.32 Å². The van der Waals surface area contributed by atoms with Gasteiger partial charge < -0.3 is 19.4 Å². The maximum Gasteiger partial charge on any atom is 0.270 e. The quantitative estimate of drug-likeness (QED) is 0.539. The Morgan fingerprint density at radius 2 is 1.87 bits per heavy atom. The lowest BCUT2D eigenvalue weighted by molar-refractivity contribution is 0.0943. The van der Waals surface area contributed by atoms with Crippen LogP contribution in [0.1, 0.15) is 21.6 Å². The molecular formula is C24H22N4O3. The van der Waals surface area contributed by atoms with Gasteiger partial charge in [0.15, 0.2) is 11.5 Å². The lowest BCUT2D eigenvalue weighted by Crippen LogP contribution is -2.25. The number of carbonyl (C=O) groups is 1. The zero-order valence-electron chi connectivity index (χ0n) is 17.3. The van der Waals surface area contributed by atoms with Crippen molar-refractivity contribution in [3.63, 3.8) is 0 Å². The van der Waals surface area contributed by atoms with Crippen LogP contribution in [0.25, 0.3) is 17.1 Å². The van der Waals surface area contributed by atoms with Crippen molar-refractivity contribution in [1.82, 2.24) is 19.7 Å². The number of aryl methyl sites for hydroxylation is 2. The molecule has 0 spiro atoms. The highest BCUT2D eigenvalue weighted by molar-refractivity contribution is 5.94. The molecular weight excluding hydrogens is 392 g/mol. The van der Waals surface area contributed by atoms with Crippen molar-refractivity contribution in [3.8, 4) is 28.6 Å². The number of amides is 1. The van der Waals surface area contributed by atoms with Gasteiger partial charge in [-0.05, 0) is 55.0 Å². The second-order valence-electron chi connectivity index (χ2n) is 7.54. The van der Waals surface area contributed by atoms with Crippen molar-refractivity contribution in [3.05, 3.63) is 83.7 Å². The largest absolute Gasteiger partial charge is 0.454 e. The molecule has 156 valence electrons. The van der Waals surface area contributed by atoms with Gasteiger partial charge in [-0.15, -0.1) is 0 Å². The number of hydrogen-bond donors (Lipinski definition) is 1. The highest BCUT2D eigenvalue weighted by Crippen LogP contribution is 2.32. The molecule has 1 aliphatic heterocycles. The summed E-state index contributed by atoms with van der Waals surface area (Å²) in [6.07, 6.45) is 1.96. The third kappa shape index (κ3) is 3.66. The van der Waals surface area contributed by atoms with Crippen molar-refractivity contribution in [2.45, 2.75) is 13.5 Å². The molecule has 1 amide bonds. The summed E-state index contributed by atoms with van der Waals surface area (Å²) < 4.78 is 14.4. The Hall–Kier alpha value is -4.00. The van der Waals surface area contributed by atoms with E-state index in [0.29, 0.717) is 18.0 Å². The van der Waals surface area contributed by atoms with Gasteiger partial charge in [-0.2, -0.15) is 5.10 Å². The second kappa shape index (κ2) is 7.68. The van der Waals surface area contributed by atoms with Gasteiger partial charge in [-0.1, -0.05) is 23.8 Å². The Bertz CT molecular complexity index is 1250. The molecule has 0 aliphatic carbocycles. The molecule has 7 nitrogen and oxygen atoms in total. The van der Waals surface area contributed by atoms with Crippen LogP contribution in [0.3, 0.4) is 0 Å². The second-order valence-corrected chi connectivity index (χ2v) is 7.54. The van der Waals surface area contributed by atoms with Crippen LogP contribution in [0, 0.1) is 6.92 Å². The van der Waals surface area contributed by atoms with Crippen molar-refractivity contribution in [2.75, 3.05) is 6.79 Å². The summed E-state index contributed by atoms with van der Waals surface area (Å²) in [4.78, 5) is 13.1. The van der Waals surface area contributed by atoms with Crippen LogP contribution in [0.15, 0.2) is 66.9 Å². The van der Waals surface area contributed by atoms with E-state index in [9.17, 15) is 4.79 Å². The summed E-state index contributed by atoms with van der Waals surface area (Å²) in [5.74, 6) is 1.22. The van der Waals surface area contributed by atoms with Gasteiger partial charge in [-0.3, -0.25) is 4.79 Å². The number of fused-ring (bicyclic) bond motifs is 1. The van der Waals surface area contributed by atoms with E-state index in [0.717, 1.165) is 34.0 Å². The molecule has 3 heterocycles. The predicted molar refractivity (Wildman–Crippen MR) is 116 cm³/mol. The van der Waals surface area contributed by atoms with Gasteiger partial charge >= 0.3 is 0 Å². The number of benzene rings is 2. The van der Waals surface area contributed by atoms with Gasteiger partial charge in [0.1, 0.15) is 11.4 Å². The van der Waals surface area contributed by atoms with E-state index in [4.69, 9.17) is 14.6 Å². The first-order valence-electron chi connectivity index (χ1n) is 10.0. The maximum absolute atomic E-state index is 13.1. The van der Waals surface area contributed by atoms with E-state index in [-0.39, 0.29) is 12.7 Å². The average molecular weight is 414 g/mol. The Morgan fingerprint density at radius 3 is 2.65 bits per heavy atom. The molecule has 0 saturated heterocycles. The SMILES string of the molecule is Cc1ccc(-n2nc(-c3cccn3C)cc2C(=O)NCc2ccc3c(c2)OCO3)cc1. The van der Waals surface area contributed by atoms with Gasteiger partial charge in [0.05, 0.1) is 11.4 Å². The number of nitrogens with zero attached hydrogens (tertiary/aromatic N) is 3. The van der Waals surface area contributed by atoms with Crippen LogP contribution >= 0.6 is 0 Å². The molecule has 0 bridgehead atoms. The highest BCUT2D eigenvalue weighted by Gasteiger charge is 2.19.